The van der Waals surface area contributed by atoms with Gasteiger partial charge in [0, 0.05) is 18.8 Å². The second kappa shape index (κ2) is 3.33. The molecule has 6 heteroatoms. The highest BCUT2D eigenvalue weighted by Gasteiger charge is 2.54. The zero-order valence-electron chi connectivity index (χ0n) is 9.06. The summed E-state index contributed by atoms with van der Waals surface area (Å²) in [4.78, 5) is 22.6. The molecule has 2 rings (SSSR count). The molecule has 0 radical (unpaired) electrons. The Bertz CT molecular complexity index is 459. The van der Waals surface area contributed by atoms with Crippen LogP contribution in [0.5, 0.6) is 0 Å². The van der Waals surface area contributed by atoms with Crippen LogP contribution < -0.4 is 0 Å². The molecular formula is C10H12N2O4. The SMILES string of the molecule is COC(=O)c1nn(C)cc1C1(C(=O)O)CC1. The molecule has 0 unspecified atom stereocenters. The van der Waals surface area contributed by atoms with Gasteiger partial charge in [-0.2, -0.15) is 5.10 Å². The van der Waals surface area contributed by atoms with E-state index >= 15 is 0 Å². The third kappa shape index (κ3) is 1.37. The number of carbonyl (C=O) groups is 2. The fourth-order valence-electron chi connectivity index (χ4n) is 1.81. The zero-order chi connectivity index (χ0) is 11.9. The largest absolute Gasteiger partial charge is 0.481 e. The quantitative estimate of drug-likeness (QED) is 0.748. The second-order valence-corrected chi connectivity index (χ2v) is 3.94. The lowest BCUT2D eigenvalue weighted by Crippen LogP contribution is -2.22. The van der Waals surface area contributed by atoms with Crippen molar-refractivity contribution in [1.82, 2.24) is 9.78 Å². The number of aliphatic carboxylic acids is 1. The van der Waals surface area contributed by atoms with Gasteiger partial charge in [-0.25, -0.2) is 4.79 Å². The summed E-state index contributed by atoms with van der Waals surface area (Å²) in [7, 11) is 2.90. The molecule has 1 N–H and O–H groups in total. The molecule has 0 bridgehead atoms. The minimum absolute atomic E-state index is 0.102. The van der Waals surface area contributed by atoms with Crippen LogP contribution in [0.15, 0.2) is 6.20 Å². The van der Waals surface area contributed by atoms with Gasteiger partial charge in [-0.05, 0) is 12.8 Å². The first-order valence-electron chi connectivity index (χ1n) is 4.87. The Morgan fingerprint density at radius 3 is 2.62 bits per heavy atom. The van der Waals surface area contributed by atoms with Crippen molar-refractivity contribution >= 4 is 11.9 Å². The van der Waals surface area contributed by atoms with E-state index in [1.165, 1.54) is 11.8 Å². The van der Waals surface area contributed by atoms with E-state index in [1.807, 2.05) is 0 Å². The molecule has 1 fully saturated rings. The van der Waals surface area contributed by atoms with Crippen LogP contribution in [0.1, 0.15) is 28.9 Å². The number of carboxylic acid groups (broad SMARTS) is 1. The molecule has 1 heterocycles. The van der Waals surface area contributed by atoms with Crippen molar-refractivity contribution < 1.29 is 19.4 Å². The highest BCUT2D eigenvalue weighted by atomic mass is 16.5. The molecular weight excluding hydrogens is 212 g/mol. The summed E-state index contributed by atoms with van der Waals surface area (Å²) in [5.74, 6) is -1.51. The number of carbonyl (C=O) groups excluding carboxylic acids is 1. The number of aryl methyl sites for hydroxylation is 1. The lowest BCUT2D eigenvalue weighted by molar-refractivity contribution is -0.140. The number of hydrogen-bond donors (Lipinski definition) is 1. The normalized spacial score (nSPS) is 16.9. The van der Waals surface area contributed by atoms with E-state index < -0.39 is 17.4 Å². The van der Waals surface area contributed by atoms with Crippen LogP contribution in [0.2, 0.25) is 0 Å². The van der Waals surface area contributed by atoms with Crippen LogP contribution in [0, 0.1) is 0 Å². The summed E-state index contributed by atoms with van der Waals surface area (Å²) in [6, 6.07) is 0. The van der Waals surface area contributed by atoms with Crippen molar-refractivity contribution in [1.29, 1.82) is 0 Å². The maximum absolute atomic E-state index is 11.5. The van der Waals surface area contributed by atoms with E-state index in [1.54, 1.807) is 13.2 Å². The van der Waals surface area contributed by atoms with Gasteiger partial charge in [-0.3, -0.25) is 9.48 Å². The first-order chi connectivity index (χ1) is 7.51. The highest BCUT2D eigenvalue weighted by molar-refractivity contribution is 5.94. The standard InChI is InChI=1S/C10H12N2O4/c1-12-5-6(7(11-12)8(13)16-2)10(3-4-10)9(14)15/h5H,3-4H2,1-2H3,(H,14,15). The summed E-state index contributed by atoms with van der Waals surface area (Å²) < 4.78 is 6.02. The van der Waals surface area contributed by atoms with Crippen molar-refractivity contribution in [3.05, 3.63) is 17.5 Å². The maximum atomic E-state index is 11.5. The van der Waals surface area contributed by atoms with Crippen LogP contribution >= 0.6 is 0 Å². The Morgan fingerprint density at radius 2 is 2.19 bits per heavy atom. The van der Waals surface area contributed by atoms with Crippen LogP contribution in [0.25, 0.3) is 0 Å². The summed E-state index contributed by atoms with van der Waals surface area (Å²) in [6.45, 7) is 0. The first kappa shape index (κ1) is 10.7. The Kier molecular flexibility index (Phi) is 2.22. The number of nitrogens with zero attached hydrogens (tertiary/aromatic N) is 2. The fraction of sp³-hybridized carbons (Fsp3) is 0.500. The average Bonchev–Trinajstić information content (AvgIpc) is 2.96. The number of rotatable bonds is 3. The summed E-state index contributed by atoms with van der Waals surface area (Å²) in [6.07, 6.45) is 2.66. The zero-order valence-corrected chi connectivity index (χ0v) is 9.06. The van der Waals surface area contributed by atoms with Gasteiger partial charge in [-0.1, -0.05) is 0 Å². The Labute approximate surface area is 91.8 Å². The highest BCUT2D eigenvalue weighted by Crippen LogP contribution is 2.49. The van der Waals surface area contributed by atoms with Crippen LogP contribution in [-0.4, -0.2) is 33.9 Å². The van der Waals surface area contributed by atoms with Crippen molar-refractivity contribution in [2.45, 2.75) is 18.3 Å². The third-order valence-electron chi connectivity index (χ3n) is 2.88. The number of esters is 1. The molecule has 1 aliphatic rings. The predicted molar refractivity (Wildman–Crippen MR) is 53.1 cm³/mol. The molecule has 0 saturated heterocycles. The van der Waals surface area contributed by atoms with Crippen molar-refractivity contribution in [2.24, 2.45) is 7.05 Å². The summed E-state index contributed by atoms with van der Waals surface area (Å²) in [5.41, 5.74) is -0.378. The number of carboxylic acids is 1. The van der Waals surface area contributed by atoms with Crippen molar-refractivity contribution in [3.63, 3.8) is 0 Å². The van der Waals surface area contributed by atoms with Gasteiger partial charge in [0.05, 0.1) is 12.5 Å². The molecule has 0 spiro atoms. The molecule has 16 heavy (non-hydrogen) atoms. The number of aromatic nitrogens is 2. The molecule has 1 aliphatic carbocycles. The molecule has 86 valence electrons. The van der Waals surface area contributed by atoms with E-state index in [9.17, 15) is 9.59 Å². The second-order valence-electron chi connectivity index (χ2n) is 3.94. The average molecular weight is 224 g/mol. The minimum Gasteiger partial charge on any atom is -0.481 e. The van der Waals surface area contributed by atoms with E-state index in [4.69, 9.17) is 5.11 Å². The first-order valence-corrected chi connectivity index (χ1v) is 4.87. The van der Waals surface area contributed by atoms with Crippen molar-refractivity contribution in [3.8, 4) is 0 Å². The smallest absolute Gasteiger partial charge is 0.358 e. The topological polar surface area (TPSA) is 81.4 Å². The van der Waals surface area contributed by atoms with Gasteiger partial charge in [0.1, 0.15) is 0 Å². The van der Waals surface area contributed by atoms with Gasteiger partial charge in [-0.15, -0.1) is 0 Å². The molecule has 1 aromatic heterocycles. The van der Waals surface area contributed by atoms with Crippen LogP contribution in [0.3, 0.4) is 0 Å². The molecule has 1 saturated carbocycles. The van der Waals surface area contributed by atoms with Gasteiger partial charge in [0.15, 0.2) is 5.69 Å². The predicted octanol–water partition coefficient (Wildman–Crippen LogP) is 0.323. The van der Waals surface area contributed by atoms with E-state index in [0.717, 1.165) is 0 Å². The van der Waals surface area contributed by atoms with E-state index in [-0.39, 0.29) is 5.69 Å². The van der Waals surface area contributed by atoms with E-state index in [2.05, 4.69) is 9.84 Å². The van der Waals surface area contributed by atoms with Crippen molar-refractivity contribution in [2.75, 3.05) is 7.11 Å². The number of ether oxygens (including phenoxy) is 1. The summed E-state index contributed by atoms with van der Waals surface area (Å²) in [5, 5.41) is 13.1. The van der Waals surface area contributed by atoms with E-state index in [0.29, 0.717) is 18.4 Å². The third-order valence-corrected chi connectivity index (χ3v) is 2.88. The minimum atomic E-state index is -0.933. The van der Waals surface area contributed by atoms with Gasteiger partial charge in [0.2, 0.25) is 0 Å². The maximum Gasteiger partial charge on any atom is 0.358 e. The summed E-state index contributed by atoms with van der Waals surface area (Å²) >= 11 is 0. The Balaban J connectivity index is 2.49. The number of methoxy groups -OCH3 is 1. The van der Waals surface area contributed by atoms with Crippen LogP contribution in [-0.2, 0) is 22.0 Å². The molecule has 0 atom stereocenters. The lowest BCUT2D eigenvalue weighted by atomic mass is 9.97. The van der Waals surface area contributed by atoms with Crippen LogP contribution in [0.4, 0.5) is 0 Å². The molecule has 0 aliphatic heterocycles. The lowest BCUT2D eigenvalue weighted by Gasteiger charge is -2.08. The molecule has 0 aromatic carbocycles. The Morgan fingerprint density at radius 1 is 1.56 bits per heavy atom. The van der Waals surface area contributed by atoms with Gasteiger partial charge >= 0.3 is 11.9 Å². The molecule has 1 aromatic rings. The van der Waals surface area contributed by atoms with Gasteiger partial charge in [0.25, 0.3) is 0 Å². The fourth-order valence-corrected chi connectivity index (χ4v) is 1.81. The molecule has 0 amide bonds. The van der Waals surface area contributed by atoms with Gasteiger partial charge < -0.3 is 9.84 Å². The number of hydrogen-bond acceptors (Lipinski definition) is 4. The Hall–Kier alpha value is -1.85. The monoisotopic (exact) mass is 224 g/mol. The molecule has 6 nitrogen and oxygen atoms in total.